The van der Waals surface area contributed by atoms with Crippen LogP contribution < -0.4 is 5.32 Å². The minimum Gasteiger partial charge on any atom is -0.464 e. The fourth-order valence-electron chi connectivity index (χ4n) is 3.82. The molecule has 3 aromatic heterocycles. The molecule has 0 spiro atoms. The van der Waals surface area contributed by atoms with Crippen LogP contribution in [0.5, 0.6) is 0 Å². The van der Waals surface area contributed by atoms with Crippen LogP contribution in [0.2, 0.25) is 0 Å². The summed E-state index contributed by atoms with van der Waals surface area (Å²) in [5.41, 5.74) is 3.29. The Hall–Kier alpha value is -3.71. The Labute approximate surface area is 165 Å². The van der Waals surface area contributed by atoms with E-state index in [1.165, 1.54) is 6.26 Å². The summed E-state index contributed by atoms with van der Waals surface area (Å²) < 4.78 is 12.7. The maximum absolute atomic E-state index is 12.8. The van der Waals surface area contributed by atoms with Gasteiger partial charge in [-0.3, -0.25) is 14.9 Å². The molecule has 0 atom stereocenters. The van der Waals surface area contributed by atoms with Gasteiger partial charge in [0.05, 0.1) is 24.0 Å². The van der Waals surface area contributed by atoms with Crippen molar-refractivity contribution < 1.29 is 18.7 Å². The van der Waals surface area contributed by atoms with E-state index in [1.54, 1.807) is 13.3 Å². The molecular weight excluding hydrogens is 370 g/mol. The standard InChI is InChI=1S/C22H17N3O4/c1-28-10-9-25-11-15(14-6-4-8-23-20(14)25)18-19(22(27)24-21(18)26)16-12-29-17-7-3-2-5-13(16)17/h2-8,11-12H,9-10H2,1H3,(H,24,26,27). The average molecular weight is 387 g/mol. The van der Waals surface area contributed by atoms with Gasteiger partial charge in [-0.1, -0.05) is 18.2 Å². The second-order valence-corrected chi connectivity index (χ2v) is 6.78. The number of imide groups is 1. The molecule has 1 N–H and O–H groups in total. The largest absolute Gasteiger partial charge is 0.464 e. The topological polar surface area (TPSA) is 86.4 Å². The van der Waals surface area contributed by atoms with E-state index in [1.807, 2.05) is 47.2 Å². The molecule has 0 saturated heterocycles. The van der Waals surface area contributed by atoms with Crippen LogP contribution in [-0.2, 0) is 20.9 Å². The normalized spacial score (nSPS) is 14.4. The van der Waals surface area contributed by atoms with Gasteiger partial charge < -0.3 is 13.7 Å². The van der Waals surface area contributed by atoms with Gasteiger partial charge in [-0.15, -0.1) is 0 Å². The highest BCUT2D eigenvalue weighted by Gasteiger charge is 2.35. The fraction of sp³-hybridized carbons (Fsp3) is 0.136. The third-order valence-electron chi connectivity index (χ3n) is 5.12. The summed E-state index contributed by atoms with van der Waals surface area (Å²) in [6.45, 7) is 1.08. The summed E-state index contributed by atoms with van der Waals surface area (Å²) in [6.07, 6.45) is 5.08. The molecule has 1 aromatic carbocycles. The van der Waals surface area contributed by atoms with Crippen molar-refractivity contribution in [2.45, 2.75) is 6.54 Å². The lowest BCUT2D eigenvalue weighted by molar-refractivity contribution is -0.122. The van der Waals surface area contributed by atoms with Crippen molar-refractivity contribution in [3.8, 4) is 0 Å². The molecule has 5 rings (SSSR count). The maximum atomic E-state index is 12.8. The highest BCUT2D eigenvalue weighted by Crippen LogP contribution is 2.38. The number of ether oxygens (including phenoxy) is 1. The molecule has 4 heterocycles. The van der Waals surface area contributed by atoms with Crippen molar-refractivity contribution in [1.29, 1.82) is 0 Å². The number of hydrogen-bond acceptors (Lipinski definition) is 5. The number of nitrogens with zero attached hydrogens (tertiary/aromatic N) is 2. The van der Waals surface area contributed by atoms with E-state index in [0.29, 0.717) is 41.0 Å². The van der Waals surface area contributed by atoms with E-state index in [0.717, 1.165) is 16.4 Å². The lowest BCUT2D eigenvalue weighted by atomic mass is 9.96. The number of pyridine rings is 1. The molecule has 0 aliphatic carbocycles. The number of nitrogens with one attached hydrogen (secondary N) is 1. The number of carbonyl (C=O) groups excluding carboxylic acids is 2. The summed E-state index contributed by atoms with van der Waals surface area (Å²) in [7, 11) is 1.63. The Bertz CT molecular complexity index is 1310. The number of hydrogen-bond donors (Lipinski definition) is 1. The number of methoxy groups -OCH3 is 1. The Balaban J connectivity index is 1.79. The number of rotatable bonds is 5. The van der Waals surface area contributed by atoms with Crippen LogP contribution in [0.25, 0.3) is 33.1 Å². The van der Waals surface area contributed by atoms with E-state index in [4.69, 9.17) is 9.15 Å². The molecule has 0 saturated carbocycles. The molecular formula is C22H17N3O4. The third kappa shape index (κ3) is 2.67. The molecule has 0 fully saturated rings. The van der Waals surface area contributed by atoms with E-state index in [2.05, 4.69) is 10.3 Å². The van der Waals surface area contributed by atoms with Crippen LogP contribution in [0.3, 0.4) is 0 Å². The van der Waals surface area contributed by atoms with Crippen LogP contribution >= 0.6 is 0 Å². The quantitative estimate of drug-likeness (QED) is 0.532. The van der Waals surface area contributed by atoms with E-state index >= 15 is 0 Å². The van der Waals surface area contributed by atoms with E-state index in [-0.39, 0.29) is 0 Å². The second-order valence-electron chi connectivity index (χ2n) is 6.78. The second kappa shape index (κ2) is 6.72. The van der Waals surface area contributed by atoms with Gasteiger partial charge in [0, 0.05) is 47.9 Å². The minimum atomic E-state index is -0.432. The molecule has 7 nitrogen and oxygen atoms in total. The van der Waals surface area contributed by atoms with Crippen LogP contribution in [0.1, 0.15) is 11.1 Å². The van der Waals surface area contributed by atoms with Crippen LogP contribution in [0.4, 0.5) is 0 Å². The number of para-hydroxylation sites is 1. The first-order valence-electron chi connectivity index (χ1n) is 9.18. The first kappa shape index (κ1) is 17.4. The van der Waals surface area contributed by atoms with Crippen molar-refractivity contribution in [2.24, 2.45) is 0 Å². The highest BCUT2D eigenvalue weighted by molar-refractivity contribution is 6.50. The average Bonchev–Trinajstić information content (AvgIpc) is 3.39. The number of aromatic nitrogens is 2. The molecule has 4 aromatic rings. The zero-order valence-corrected chi connectivity index (χ0v) is 15.6. The number of amides is 2. The van der Waals surface area contributed by atoms with Gasteiger partial charge in [-0.05, 0) is 18.2 Å². The molecule has 0 bridgehead atoms. The van der Waals surface area contributed by atoms with Gasteiger partial charge in [0.15, 0.2) is 0 Å². The van der Waals surface area contributed by atoms with Crippen LogP contribution in [-0.4, -0.2) is 35.1 Å². The number of furan rings is 1. The molecule has 1 aliphatic heterocycles. The van der Waals surface area contributed by atoms with Crippen molar-refractivity contribution in [3.05, 3.63) is 66.2 Å². The van der Waals surface area contributed by atoms with Crippen LogP contribution in [0, 0.1) is 0 Å². The minimum absolute atomic E-state index is 0.314. The summed E-state index contributed by atoms with van der Waals surface area (Å²) in [6, 6.07) is 11.1. The van der Waals surface area contributed by atoms with Crippen molar-refractivity contribution >= 4 is 45.0 Å². The molecule has 7 heteroatoms. The Morgan fingerprint density at radius 3 is 2.62 bits per heavy atom. The predicted molar refractivity (Wildman–Crippen MR) is 108 cm³/mol. The first-order valence-corrected chi connectivity index (χ1v) is 9.18. The summed E-state index contributed by atoms with van der Waals surface area (Å²) >= 11 is 0. The zero-order chi connectivity index (χ0) is 20.0. The Kier molecular flexibility index (Phi) is 4.03. The number of carbonyl (C=O) groups is 2. The van der Waals surface area contributed by atoms with Gasteiger partial charge in [-0.25, -0.2) is 4.98 Å². The Morgan fingerprint density at radius 2 is 1.79 bits per heavy atom. The summed E-state index contributed by atoms with van der Waals surface area (Å²) in [5.74, 6) is -0.858. The van der Waals surface area contributed by atoms with Crippen LogP contribution in [0.15, 0.2) is 59.5 Å². The molecule has 29 heavy (non-hydrogen) atoms. The fourth-order valence-corrected chi connectivity index (χ4v) is 3.82. The van der Waals surface area contributed by atoms with Crippen molar-refractivity contribution in [2.75, 3.05) is 13.7 Å². The van der Waals surface area contributed by atoms with Gasteiger partial charge in [0.1, 0.15) is 11.2 Å². The first-order chi connectivity index (χ1) is 14.2. The van der Waals surface area contributed by atoms with Crippen molar-refractivity contribution in [3.63, 3.8) is 0 Å². The molecule has 2 amide bonds. The molecule has 0 unspecified atom stereocenters. The highest BCUT2D eigenvalue weighted by atomic mass is 16.5. The lowest BCUT2D eigenvalue weighted by Crippen LogP contribution is -2.22. The Morgan fingerprint density at radius 1 is 1.03 bits per heavy atom. The van der Waals surface area contributed by atoms with E-state index < -0.39 is 11.8 Å². The van der Waals surface area contributed by atoms with Gasteiger partial charge in [-0.2, -0.15) is 0 Å². The van der Waals surface area contributed by atoms with Crippen molar-refractivity contribution in [1.82, 2.24) is 14.9 Å². The molecule has 1 aliphatic rings. The van der Waals surface area contributed by atoms with Gasteiger partial charge >= 0.3 is 0 Å². The summed E-state index contributed by atoms with van der Waals surface area (Å²) in [5, 5.41) is 4.02. The smallest absolute Gasteiger partial charge is 0.259 e. The molecule has 144 valence electrons. The monoisotopic (exact) mass is 387 g/mol. The number of benzene rings is 1. The lowest BCUT2D eigenvalue weighted by Gasteiger charge is -2.02. The predicted octanol–water partition coefficient (Wildman–Crippen LogP) is 3.00. The third-order valence-corrected chi connectivity index (χ3v) is 5.12. The van der Waals surface area contributed by atoms with Gasteiger partial charge in [0.2, 0.25) is 0 Å². The SMILES string of the molecule is COCCn1cc(C2=C(c3coc4ccccc34)C(=O)NC2=O)c2cccnc21. The maximum Gasteiger partial charge on any atom is 0.259 e. The molecule has 0 radical (unpaired) electrons. The summed E-state index contributed by atoms with van der Waals surface area (Å²) in [4.78, 5) is 30.0. The number of fused-ring (bicyclic) bond motifs is 2. The van der Waals surface area contributed by atoms with Gasteiger partial charge in [0.25, 0.3) is 11.8 Å². The zero-order valence-electron chi connectivity index (χ0n) is 15.6. The van der Waals surface area contributed by atoms with E-state index in [9.17, 15) is 9.59 Å².